The van der Waals surface area contributed by atoms with E-state index in [1.807, 2.05) is 37.3 Å². The second-order valence-corrected chi connectivity index (χ2v) is 8.57. The van der Waals surface area contributed by atoms with Crippen LogP contribution in [-0.2, 0) is 27.6 Å². The molecule has 3 amide bonds. The summed E-state index contributed by atoms with van der Waals surface area (Å²) in [6.07, 6.45) is 4.62. The summed E-state index contributed by atoms with van der Waals surface area (Å²) in [5.74, 6) is -1.41. The summed E-state index contributed by atoms with van der Waals surface area (Å²) in [7, 11) is 0. The number of unbranched alkanes of at least 4 members (excludes halogenated alkanes) is 2. The molecule has 0 saturated carbocycles. The van der Waals surface area contributed by atoms with E-state index in [1.165, 1.54) is 5.06 Å². The van der Waals surface area contributed by atoms with Crippen LogP contribution >= 0.6 is 15.9 Å². The lowest BCUT2D eigenvalue weighted by Gasteiger charge is -2.32. The van der Waals surface area contributed by atoms with Gasteiger partial charge < -0.3 is 15.5 Å². The van der Waals surface area contributed by atoms with Gasteiger partial charge in [0.25, 0.3) is 5.91 Å². The Kier molecular flexibility index (Phi) is 11.1. The third-order valence-electron chi connectivity index (χ3n) is 5.45. The van der Waals surface area contributed by atoms with Crippen molar-refractivity contribution in [3.63, 3.8) is 0 Å². The maximum absolute atomic E-state index is 13.2. The lowest BCUT2D eigenvalue weighted by molar-refractivity contribution is -0.200. The summed E-state index contributed by atoms with van der Waals surface area (Å²) >= 11 is 3.18. The number of hydrogen-bond acceptors (Lipinski definition) is 5. The van der Waals surface area contributed by atoms with E-state index in [0.717, 1.165) is 24.8 Å². The molecule has 0 radical (unpaired) electrons. The van der Waals surface area contributed by atoms with E-state index in [0.29, 0.717) is 29.5 Å². The van der Waals surface area contributed by atoms with Crippen molar-refractivity contribution in [2.75, 3.05) is 0 Å². The molecule has 3 N–H and O–H groups in total. The Hall–Kier alpha value is -2.65. The van der Waals surface area contributed by atoms with E-state index in [9.17, 15) is 14.4 Å². The lowest BCUT2D eigenvalue weighted by Crippen LogP contribution is -2.46. The second-order valence-electron chi connectivity index (χ2n) is 7.79. The zero-order valence-corrected chi connectivity index (χ0v) is 20.7. The number of halogens is 1. The van der Waals surface area contributed by atoms with Gasteiger partial charge in [-0.25, -0.2) is 5.06 Å². The van der Waals surface area contributed by atoms with Crippen molar-refractivity contribution < 1.29 is 23.6 Å². The van der Waals surface area contributed by atoms with Gasteiger partial charge in [0.1, 0.15) is 6.61 Å². The molecule has 2 rings (SSSR count). The number of hydrogen-bond donors (Lipinski definition) is 2. The monoisotopic (exact) mass is 521 g/mol. The van der Waals surface area contributed by atoms with Gasteiger partial charge in [-0.1, -0.05) is 63.4 Å². The summed E-state index contributed by atoms with van der Waals surface area (Å²) in [6, 6.07) is 10.7. The van der Waals surface area contributed by atoms with Gasteiger partial charge in [0.15, 0.2) is 10.4 Å². The van der Waals surface area contributed by atoms with E-state index in [1.54, 1.807) is 6.07 Å². The number of hydroxylamine groups is 2. The SMILES string of the molecule is CCCCC[C@@H](C(=O)NCc1cc(Br)oc1C(N)=O)[C@@H](CC)N(C=O)OCc1ccccc1. The van der Waals surface area contributed by atoms with Crippen LogP contribution in [0.1, 0.15) is 67.6 Å². The first-order valence-electron chi connectivity index (χ1n) is 11.2. The van der Waals surface area contributed by atoms with Crippen LogP contribution in [0, 0.1) is 5.92 Å². The molecule has 180 valence electrons. The van der Waals surface area contributed by atoms with Gasteiger partial charge in [0, 0.05) is 12.1 Å². The number of primary amides is 1. The summed E-state index contributed by atoms with van der Waals surface area (Å²) < 4.78 is 5.62. The molecule has 0 saturated heterocycles. The number of nitrogens with two attached hydrogens (primary N) is 1. The predicted molar refractivity (Wildman–Crippen MR) is 128 cm³/mol. The zero-order valence-electron chi connectivity index (χ0n) is 19.1. The standard InChI is InChI=1S/C24H32BrN3O5/c1-3-5-7-12-19(24(31)27-14-18-13-21(25)33-22(18)23(26)30)20(4-2)28(16-29)32-15-17-10-8-6-9-11-17/h6,8-11,13,16,19-20H,3-5,7,12,14-15H2,1-2H3,(H2,26,30)(H,27,31)/t19-,20-/m1/s1. The molecular formula is C24H32BrN3O5. The Morgan fingerprint density at radius 1 is 1.24 bits per heavy atom. The molecule has 2 aromatic rings. The minimum Gasteiger partial charge on any atom is -0.444 e. The Morgan fingerprint density at radius 3 is 2.58 bits per heavy atom. The number of amides is 3. The van der Waals surface area contributed by atoms with Gasteiger partial charge in [-0.05, 0) is 40.4 Å². The van der Waals surface area contributed by atoms with Gasteiger partial charge >= 0.3 is 0 Å². The van der Waals surface area contributed by atoms with Crippen LogP contribution in [0.4, 0.5) is 0 Å². The Morgan fingerprint density at radius 2 is 1.97 bits per heavy atom. The Bertz CT molecular complexity index is 903. The average Bonchev–Trinajstić information content (AvgIpc) is 3.20. The van der Waals surface area contributed by atoms with E-state index in [-0.39, 0.29) is 24.8 Å². The minimum absolute atomic E-state index is 0.00235. The van der Waals surface area contributed by atoms with Crippen LogP contribution in [0.2, 0.25) is 0 Å². The molecule has 33 heavy (non-hydrogen) atoms. The fourth-order valence-electron chi connectivity index (χ4n) is 3.73. The Labute approximate surface area is 202 Å². The van der Waals surface area contributed by atoms with Gasteiger partial charge in [-0.15, -0.1) is 0 Å². The number of nitrogens with one attached hydrogen (secondary N) is 1. The summed E-state index contributed by atoms with van der Waals surface area (Å²) in [5.41, 5.74) is 6.76. The van der Waals surface area contributed by atoms with Crippen LogP contribution in [-0.4, -0.2) is 29.3 Å². The van der Waals surface area contributed by atoms with E-state index >= 15 is 0 Å². The molecule has 1 aromatic heterocycles. The van der Waals surface area contributed by atoms with E-state index < -0.39 is 17.9 Å². The molecule has 0 aliphatic rings. The van der Waals surface area contributed by atoms with Crippen molar-refractivity contribution in [2.24, 2.45) is 11.7 Å². The molecular weight excluding hydrogens is 490 g/mol. The van der Waals surface area contributed by atoms with Crippen molar-refractivity contribution in [1.29, 1.82) is 0 Å². The fourth-order valence-corrected chi connectivity index (χ4v) is 4.17. The highest BCUT2D eigenvalue weighted by Crippen LogP contribution is 2.24. The fraction of sp³-hybridized carbons (Fsp3) is 0.458. The van der Waals surface area contributed by atoms with Crippen LogP contribution in [0.3, 0.4) is 0 Å². The molecule has 8 nitrogen and oxygen atoms in total. The van der Waals surface area contributed by atoms with E-state index in [4.69, 9.17) is 15.0 Å². The number of furan rings is 1. The average molecular weight is 522 g/mol. The maximum Gasteiger partial charge on any atom is 0.284 e. The third-order valence-corrected chi connectivity index (χ3v) is 5.84. The Balaban J connectivity index is 2.13. The third kappa shape index (κ3) is 8.01. The highest BCUT2D eigenvalue weighted by molar-refractivity contribution is 9.10. The number of benzene rings is 1. The van der Waals surface area contributed by atoms with Crippen molar-refractivity contribution in [2.45, 2.75) is 65.1 Å². The minimum atomic E-state index is -0.711. The zero-order chi connectivity index (χ0) is 24.2. The largest absolute Gasteiger partial charge is 0.444 e. The van der Waals surface area contributed by atoms with Crippen molar-refractivity contribution in [3.05, 3.63) is 58.0 Å². The number of nitrogens with zero attached hydrogens (tertiary/aromatic N) is 1. The first kappa shape index (κ1) is 26.6. The molecule has 0 bridgehead atoms. The van der Waals surface area contributed by atoms with Gasteiger partial charge in [-0.2, -0.15) is 0 Å². The molecule has 9 heteroatoms. The highest BCUT2D eigenvalue weighted by Gasteiger charge is 2.32. The lowest BCUT2D eigenvalue weighted by atomic mass is 9.90. The molecule has 0 spiro atoms. The summed E-state index contributed by atoms with van der Waals surface area (Å²) in [5, 5.41) is 4.13. The normalized spacial score (nSPS) is 12.7. The molecule has 1 aromatic carbocycles. The number of rotatable bonds is 15. The van der Waals surface area contributed by atoms with Gasteiger partial charge in [0.2, 0.25) is 12.3 Å². The maximum atomic E-state index is 13.2. The van der Waals surface area contributed by atoms with Crippen LogP contribution in [0.5, 0.6) is 0 Å². The van der Waals surface area contributed by atoms with Crippen LogP contribution in [0.15, 0.2) is 45.5 Å². The molecule has 2 atom stereocenters. The van der Waals surface area contributed by atoms with Gasteiger partial charge in [-0.3, -0.25) is 19.2 Å². The quantitative estimate of drug-likeness (QED) is 0.205. The first-order valence-corrected chi connectivity index (χ1v) is 12.0. The van der Waals surface area contributed by atoms with Gasteiger partial charge in [0.05, 0.1) is 12.0 Å². The van der Waals surface area contributed by atoms with Crippen LogP contribution in [0.25, 0.3) is 0 Å². The predicted octanol–water partition coefficient (Wildman–Crippen LogP) is 4.32. The number of carbonyl (C=O) groups excluding carboxylic acids is 3. The summed E-state index contributed by atoms with van der Waals surface area (Å²) in [4.78, 5) is 42.5. The summed E-state index contributed by atoms with van der Waals surface area (Å²) in [6.45, 7) is 4.32. The molecule has 0 aliphatic heterocycles. The smallest absolute Gasteiger partial charge is 0.284 e. The molecule has 0 aliphatic carbocycles. The van der Waals surface area contributed by atoms with Crippen LogP contribution < -0.4 is 11.1 Å². The van der Waals surface area contributed by atoms with Crippen molar-refractivity contribution in [1.82, 2.24) is 10.4 Å². The first-order chi connectivity index (χ1) is 15.9. The van der Waals surface area contributed by atoms with Crippen molar-refractivity contribution >= 4 is 34.2 Å². The highest BCUT2D eigenvalue weighted by atomic mass is 79.9. The van der Waals surface area contributed by atoms with Crippen molar-refractivity contribution in [3.8, 4) is 0 Å². The molecule has 1 heterocycles. The molecule has 0 fully saturated rings. The topological polar surface area (TPSA) is 115 Å². The molecule has 0 unspecified atom stereocenters. The van der Waals surface area contributed by atoms with E-state index in [2.05, 4.69) is 28.2 Å². The second kappa shape index (κ2) is 13.8. The number of carbonyl (C=O) groups is 3.